The van der Waals surface area contributed by atoms with Gasteiger partial charge in [-0.05, 0) is 30.0 Å². The molecule has 0 aliphatic heterocycles. The zero-order valence-electron chi connectivity index (χ0n) is 12.1. The van der Waals surface area contributed by atoms with Gasteiger partial charge in [-0.15, -0.1) is 0 Å². The Kier molecular flexibility index (Phi) is 7.25. The van der Waals surface area contributed by atoms with E-state index in [1.54, 1.807) is 12.1 Å². The first kappa shape index (κ1) is 17.0. The maximum Gasteiger partial charge on any atom is 0.335 e. The first-order valence-electron chi connectivity index (χ1n) is 7.01. The number of aromatic carboxylic acids is 1. The number of carbonyl (C=O) groups excluding carboxylic acids is 1. The lowest BCUT2D eigenvalue weighted by molar-refractivity contribution is 0.0697. The van der Waals surface area contributed by atoms with Crippen molar-refractivity contribution in [3.63, 3.8) is 0 Å². The summed E-state index contributed by atoms with van der Waals surface area (Å²) in [5.74, 6) is -0.697. The molecule has 0 bridgehead atoms. The summed E-state index contributed by atoms with van der Waals surface area (Å²) in [6, 6.07) is 6.08. The Morgan fingerprint density at radius 2 is 1.86 bits per heavy atom. The van der Waals surface area contributed by atoms with Gasteiger partial charge < -0.3 is 20.8 Å². The first-order valence-corrected chi connectivity index (χ1v) is 7.01. The number of hydrogen-bond donors (Lipinski definition) is 4. The molecule has 6 nitrogen and oxygen atoms in total. The van der Waals surface area contributed by atoms with E-state index in [0.717, 1.165) is 12.0 Å². The molecule has 1 aromatic carbocycles. The second-order valence-electron chi connectivity index (χ2n) is 4.85. The smallest absolute Gasteiger partial charge is 0.335 e. The minimum Gasteiger partial charge on any atom is -0.478 e. The Balaban J connectivity index is 2.34. The number of carboxylic acid groups (broad SMARTS) is 1. The summed E-state index contributed by atoms with van der Waals surface area (Å²) in [5, 5.41) is 23.1. The van der Waals surface area contributed by atoms with Gasteiger partial charge in [-0.1, -0.05) is 25.5 Å². The molecular weight excluding hydrogens is 272 g/mol. The molecule has 1 atom stereocenters. The average Bonchev–Trinajstić information content (AvgIpc) is 2.49. The van der Waals surface area contributed by atoms with Crippen molar-refractivity contribution in [1.29, 1.82) is 0 Å². The highest BCUT2D eigenvalue weighted by Gasteiger charge is 2.08. The van der Waals surface area contributed by atoms with E-state index in [4.69, 9.17) is 10.2 Å². The van der Waals surface area contributed by atoms with Gasteiger partial charge in [0.25, 0.3) is 0 Å². The van der Waals surface area contributed by atoms with E-state index in [-0.39, 0.29) is 24.1 Å². The van der Waals surface area contributed by atoms with E-state index < -0.39 is 5.97 Å². The Bertz CT molecular complexity index is 459. The van der Waals surface area contributed by atoms with Crippen LogP contribution >= 0.6 is 0 Å². The number of hydrogen-bond acceptors (Lipinski definition) is 3. The van der Waals surface area contributed by atoms with Crippen molar-refractivity contribution in [2.75, 3.05) is 13.2 Å². The standard InChI is InChI=1S/C15H22N2O4/c1-2-11(7-8-18)9-16-15(21)17-10-12-3-5-13(6-4-12)14(19)20/h3-6,11,18H,2,7-10H2,1H3,(H,19,20)(H2,16,17,21). The number of rotatable bonds is 8. The molecule has 0 radical (unpaired) electrons. The van der Waals surface area contributed by atoms with E-state index in [2.05, 4.69) is 10.6 Å². The Labute approximate surface area is 124 Å². The second kappa shape index (κ2) is 8.97. The molecule has 1 unspecified atom stereocenters. The van der Waals surface area contributed by atoms with Crippen molar-refractivity contribution >= 4 is 12.0 Å². The first-order chi connectivity index (χ1) is 10.1. The number of urea groups is 1. The molecule has 0 fully saturated rings. The minimum atomic E-state index is -0.971. The van der Waals surface area contributed by atoms with Gasteiger partial charge in [-0.2, -0.15) is 0 Å². The van der Waals surface area contributed by atoms with Gasteiger partial charge in [-0.25, -0.2) is 9.59 Å². The molecule has 0 saturated carbocycles. The molecule has 2 amide bonds. The quantitative estimate of drug-likeness (QED) is 0.585. The van der Waals surface area contributed by atoms with Gasteiger partial charge in [0.15, 0.2) is 0 Å². The maximum atomic E-state index is 11.6. The highest BCUT2D eigenvalue weighted by molar-refractivity contribution is 5.87. The maximum absolute atomic E-state index is 11.6. The molecular formula is C15H22N2O4. The molecule has 0 aromatic heterocycles. The van der Waals surface area contributed by atoms with Gasteiger partial charge in [0.05, 0.1) is 5.56 Å². The fraction of sp³-hybridized carbons (Fsp3) is 0.467. The number of aliphatic hydroxyl groups is 1. The molecule has 21 heavy (non-hydrogen) atoms. The normalized spacial score (nSPS) is 11.7. The Hall–Kier alpha value is -2.08. The molecule has 1 rings (SSSR count). The van der Waals surface area contributed by atoms with Crippen LogP contribution < -0.4 is 10.6 Å². The molecule has 4 N–H and O–H groups in total. The summed E-state index contributed by atoms with van der Waals surface area (Å²) < 4.78 is 0. The number of nitrogens with one attached hydrogen (secondary N) is 2. The third kappa shape index (κ3) is 6.27. The summed E-state index contributed by atoms with van der Waals surface area (Å²) >= 11 is 0. The van der Waals surface area contributed by atoms with Crippen molar-refractivity contribution < 1.29 is 19.8 Å². The number of amides is 2. The molecule has 0 saturated heterocycles. The predicted molar refractivity (Wildman–Crippen MR) is 79.1 cm³/mol. The van der Waals surface area contributed by atoms with Crippen LogP contribution in [0.15, 0.2) is 24.3 Å². The Morgan fingerprint density at radius 1 is 1.19 bits per heavy atom. The lowest BCUT2D eigenvalue weighted by atomic mass is 10.0. The topological polar surface area (TPSA) is 98.7 Å². The number of carboxylic acids is 1. The molecule has 0 heterocycles. The molecule has 0 spiro atoms. The lowest BCUT2D eigenvalue weighted by Gasteiger charge is -2.14. The van der Waals surface area contributed by atoms with Gasteiger partial charge in [0, 0.05) is 19.7 Å². The highest BCUT2D eigenvalue weighted by Crippen LogP contribution is 2.06. The average molecular weight is 294 g/mol. The van der Waals surface area contributed by atoms with Crippen molar-refractivity contribution in [2.24, 2.45) is 5.92 Å². The zero-order chi connectivity index (χ0) is 15.7. The molecule has 6 heteroatoms. The summed E-state index contributed by atoms with van der Waals surface area (Å²) in [5.41, 5.74) is 1.05. The van der Waals surface area contributed by atoms with Crippen molar-refractivity contribution in [1.82, 2.24) is 10.6 Å². The Morgan fingerprint density at radius 3 is 2.38 bits per heavy atom. The monoisotopic (exact) mass is 294 g/mol. The van der Waals surface area contributed by atoms with Gasteiger partial charge in [-0.3, -0.25) is 0 Å². The fourth-order valence-electron chi connectivity index (χ4n) is 1.88. The zero-order valence-corrected chi connectivity index (χ0v) is 12.1. The van der Waals surface area contributed by atoms with Crippen LogP contribution in [0.4, 0.5) is 4.79 Å². The van der Waals surface area contributed by atoms with Gasteiger partial charge in [0.2, 0.25) is 0 Å². The second-order valence-corrected chi connectivity index (χ2v) is 4.85. The molecule has 0 aliphatic rings. The van der Waals surface area contributed by atoms with Crippen LogP contribution in [0, 0.1) is 5.92 Å². The minimum absolute atomic E-state index is 0.123. The van der Waals surface area contributed by atoms with Crippen LogP contribution in [0.2, 0.25) is 0 Å². The number of benzene rings is 1. The van der Waals surface area contributed by atoms with E-state index in [1.165, 1.54) is 12.1 Å². The number of carbonyl (C=O) groups is 2. The number of aliphatic hydroxyl groups excluding tert-OH is 1. The van der Waals surface area contributed by atoms with Gasteiger partial charge >= 0.3 is 12.0 Å². The fourth-order valence-corrected chi connectivity index (χ4v) is 1.88. The van der Waals surface area contributed by atoms with Crippen molar-refractivity contribution in [3.05, 3.63) is 35.4 Å². The summed E-state index contributed by atoms with van der Waals surface area (Å²) in [6.07, 6.45) is 1.57. The van der Waals surface area contributed by atoms with Crippen LogP contribution in [-0.2, 0) is 6.54 Å². The third-order valence-corrected chi connectivity index (χ3v) is 3.32. The lowest BCUT2D eigenvalue weighted by Crippen LogP contribution is -2.38. The summed E-state index contributed by atoms with van der Waals surface area (Å²) in [7, 11) is 0. The van der Waals surface area contributed by atoms with E-state index in [0.29, 0.717) is 19.5 Å². The third-order valence-electron chi connectivity index (χ3n) is 3.32. The molecule has 116 valence electrons. The van der Waals surface area contributed by atoms with Crippen LogP contribution in [0.3, 0.4) is 0 Å². The van der Waals surface area contributed by atoms with E-state index in [1.807, 2.05) is 6.92 Å². The van der Waals surface area contributed by atoms with Crippen LogP contribution in [-0.4, -0.2) is 35.4 Å². The predicted octanol–water partition coefficient (Wildman–Crippen LogP) is 1.59. The molecule has 1 aromatic rings. The van der Waals surface area contributed by atoms with Crippen LogP contribution in [0.25, 0.3) is 0 Å². The van der Waals surface area contributed by atoms with Gasteiger partial charge in [0.1, 0.15) is 0 Å². The molecule has 0 aliphatic carbocycles. The van der Waals surface area contributed by atoms with Crippen molar-refractivity contribution in [2.45, 2.75) is 26.3 Å². The summed E-state index contributed by atoms with van der Waals surface area (Å²) in [4.78, 5) is 22.3. The SMILES string of the molecule is CCC(CCO)CNC(=O)NCc1ccc(C(=O)O)cc1. The van der Waals surface area contributed by atoms with Crippen LogP contribution in [0.1, 0.15) is 35.7 Å². The largest absolute Gasteiger partial charge is 0.478 e. The van der Waals surface area contributed by atoms with E-state index >= 15 is 0 Å². The van der Waals surface area contributed by atoms with E-state index in [9.17, 15) is 9.59 Å². The van der Waals surface area contributed by atoms with Crippen LogP contribution in [0.5, 0.6) is 0 Å². The highest BCUT2D eigenvalue weighted by atomic mass is 16.4. The summed E-state index contributed by atoms with van der Waals surface area (Å²) in [6.45, 7) is 3.00. The van der Waals surface area contributed by atoms with Crippen molar-refractivity contribution in [3.8, 4) is 0 Å².